The van der Waals surface area contributed by atoms with Crippen LogP contribution >= 0.6 is 0 Å². The first kappa shape index (κ1) is 16.1. The molecule has 0 saturated carbocycles. The van der Waals surface area contributed by atoms with Gasteiger partial charge < -0.3 is 27.0 Å². The number of amides is 1. The highest BCUT2D eigenvalue weighted by Gasteiger charge is 2.06. The topological polar surface area (TPSA) is 45.5 Å². The molecule has 0 aliphatic rings. The molecule has 0 spiro atoms. The van der Waals surface area contributed by atoms with E-state index in [4.69, 9.17) is 4.42 Å². The Hall–Kier alpha value is -1.94. The van der Waals surface area contributed by atoms with Gasteiger partial charge in [-0.2, -0.15) is 0 Å². The van der Waals surface area contributed by atoms with Crippen molar-refractivity contribution < 1.29 is 21.6 Å². The Labute approximate surface area is 125 Å². The second-order valence-corrected chi connectivity index (χ2v) is 4.54. The molecule has 2 aromatic rings. The number of furan rings is 1. The molecule has 1 heterocycles. The van der Waals surface area contributed by atoms with E-state index in [0.29, 0.717) is 12.3 Å². The van der Waals surface area contributed by atoms with E-state index in [1.54, 1.807) is 12.1 Å². The molecule has 1 N–H and O–H groups in total. The third-order valence-electron chi connectivity index (χ3n) is 2.90. The maximum atomic E-state index is 11.6. The summed E-state index contributed by atoms with van der Waals surface area (Å²) in [6.45, 7) is 0.598. The summed E-state index contributed by atoms with van der Waals surface area (Å²) < 4.78 is 5.02. The van der Waals surface area contributed by atoms with Gasteiger partial charge in [0, 0.05) is 26.3 Å². The molecule has 0 atom stereocenters. The monoisotopic (exact) mass is 293 g/mol. The van der Waals surface area contributed by atoms with Crippen LogP contribution in [0.2, 0.25) is 0 Å². The van der Waals surface area contributed by atoms with Crippen LogP contribution < -0.4 is 22.6 Å². The summed E-state index contributed by atoms with van der Waals surface area (Å²) in [5.41, 5.74) is 2.37. The number of benzene rings is 1. The van der Waals surface area contributed by atoms with E-state index in [1.807, 2.05) is 14.1 Å². The molecule has 4 nitrogen and oxygen atoms in total. The Morgan fingerprint density at radius 2 is 1.90 bits per heavy atom. The first-order valence-electron chi connectivity index (χ1n) is 6.25. The van der Waals surface area contributed by atoms with E-state index in [0.717, 1.165) is 6.42 Å². The van der Waals surface area contributed by atoms with Gasteiger partial charge >= 0.3 is 0 Å². The van der Waals surface area contributed by atoms with Gasteiger partial charge in [-0.05, 0) is 36.2 Å². The van der Waals surface area contributed by atoms with Gasteiger partial charge in [0.05, 0.1) is 6.26 Å². The summed E-state index contributed by atoms with van der Waals surface area (Å²) in [6, 6.07) is 11.7. The molecule has 0 aliphatic heterocycles. The first-order chi connectivity index (χ1) is 9.16. The molecule has 0 unspecified atom stereocenters. The van der Waals surface area contributed by atoms with Crippen LogP contribution in [0, 0.1) is 0 Å². The molecule has 108 valence electrons. The maximum absolute atomic E-state index is 11.6. The van der Waals surface area contributed by atoms with Gasteiger partial charge in [-0.15, -0.1) is 0 Å². The van der Waals surface area contributed by atoms with Crippen LogP contribution in [0.5, 0.6) is 0 Å². The quantitative estimate of drug-likeness (QED) is 0.795. The van der Waals surface area contributed by atoms with Crippen molar-refractivity contribution in [1.29, 1.82) is 0 Å². The number of hydrogen-bond donors (Lipinski definition) is 1. The Morgan fingerprint density at radius 3 is 2.45 bits per heavy atom. The van der Waals surface area contributed by atoms with Gasteiger partial charge in [0.2, 0.25) is 0 Å². The first-order valence-corrected chi connectivity index (χ1v) is 6.25. The zero-order valence-corrected chi connectivity index (χ0v) is 12.4. The Kier molecular flexibility index (Phi) is 6.12. The molecule has 1 amide bonds. The van der Waals surface area contributed by atoms with Gasteiger partial charge in [0.25, 0.3) is 5.91 Å². The number of rotatable bonds is 5. The standard InChI is InChI=1S/C15H18N2O2.ClH/c1-17(2)13-7-5-12(6-8-13)9-10-16-15(18)14-4-3-11-19-14;/h3-8,11H,9-10H2,1-2H3,(H,16,18);1H/p-1. The van der Waals surface area contributed by atoms with Crippen molar-refractivity contribution in [2.75, 3.05) is 25.5 Å². The predicted molar refractivity (Wildman–Crippen MR) is 75.5 cm³/mol. The fourth-order valence-corrected chi connectivity index (χ4v) is 1.78. The summed E-state index contributed by atoms with van der Waals surface area (Å²) in [6.07, 6.45) is 2.30. The van der Waals surface area contributed by atoms with Crippen LogP contribution in [0.25, 0.3) is 0 Å². The lowest BCUT2D eigenvalue weighted by Gasteiger charge is -2.12. The van der Waals surface area contributed by atoms with Crippen molar-refractivity contribution >= 4 is 11.6 Å². The normalized spacial score (nSPS) is 9.70. The Morgan fingerprint density at radius 1 is 1.20 bits per heavy atom. The average molecular weight is 294 g/mol. The molecule has 0 bridgehead atoms. The number of halogens is 1. The molecule has 5 heteroatoms. The molecule has 1 aromatic heterocycles. The molecule has 20 heavy (non-hydrogen) atoms. The van der Waals surface area contributed by atoms with E-state index in [2.05, 4.69) is 34.5 Å². The van der Waals surface area contributed by atoms with Gasteiger partial charge in [-0.1, -0.05) is 12.1 Å². The van der Waals surface area contributed by atoms with Gasteiger partial charge in [-0.3, -0.25) is 4.79 Å². The van der Waals surface area contributed by atoms with Crippen molar-refractivity contribution in [3.05, 3.63) is 54.0 Å². The number of anilines is 1. The highest BCUT2D eigenvalue weighted by Crippen LogP contribution is 2.12. The Bertz CT molecular complexity index is 521. The van der Waals surface area contributed by atoms with E-state index in [9.17, 15) is 4.79 Å². The van der Waals surface area contributed by atoms with Crippen LogP contribution in [0.1, 0.15) is 16.1 Å². The molecular weight excluding hydrogens is 276 g/mol. The minimum absolute atomic E-state index is 0. The highest BCUT2D eigenvalue weighted by molar-refractivity contribution is 5.91. The van der Waals surface area contributed by atoms with Crippen molar-refractivity contribution in [1.82, 2.24) is 5.32 Å². The van der Waals surface area contributed by atoms with Gasteiger partial charge in [0.1, 0.15) is 0 Å². The minimum atomic E-state index is -0.171. The third-order valence-corrected chi connectivity index (χ3v) is 2.90. The SMILES string of the molecule is CN(C)c1ccc(CCNC(=O)c2ccco2)cc1.[Cl-]. The summed E-state index contributed by atoms with van der Waals surface area (Å²) in [5.74, 6) is 0.179. The summed E-state index contributed by atoms with van der Waals surface area (Å²) in [7, 11) is 4.02. The zero-order valence-electron chi connectivity index (χ0n) is 11.6. The van der Waals surface area contributed by atoms with E-state index in [-0.39, 0.29) is 18.3 Å². The summed E-state index contributed by atoms with van der Waals surface area (Å²) in [5, 5.41) is 2.83. The number of nitrogens with one attached hydrogen (secondary N) is 1. The van der Waals surface area contributed by atoms with Crippen molar-refractivity contribution in [2.24, 2.45) is 0 Å². The lowest BCUT2D eigenvalue weighted by molar-refractivity contribution is -0.0000124. The van der Waals surface area contributed by atoms with Crippen molar-refractivity contribution in [3.63, 3.8) is 0 Å². The fraction of sp³-hybridized carbons (Fsp3) is 0.267. The summed E-state index contributed by atoms with van der Waals surface area (Å²) >= 11 is 0. The second-order valence-electron chi connectivity index (χ2n) is 4.54. The van der Waals surface area contributed by atoms with E-state index in [1.165, 1.54) is 17.5 Å². The number of carbonyl (C=O) groups excluding carboxylic acids is 1. The fourth-order valence-electron chi connectivity index (χ4n) is 1.78. The number of nitrogens with zero attached hydrogens (tertiary/aromatic N) is 1. The maximum Gasteiger partial charge on any atom is 0.286 e. The third kappa shape index (κ3) is 4.31. The van der Waals surface area contributed by atoms with E-state index >= 15 is 0 Å². The number of hydrogen-bond acceptors (Lipinski definition) is 3. The predicted octanol–water partition coefficient (Wildman–Crippen LogP) is -0.678. The summed E-state index contributed by atoms with van der Waals surface area (Å²) in [4.78, 5) is 13.7. The molecule has 2 rings (SSSR count). The largest absolute Gasteiger partial charge is 1.00 e. The molecule has 0 saturated heterocycles. The van der Waals surface area contributed by atoms with Gasteiger partial charge in [-0.25, -0.2) is 0 Å². The average Bonchev–Trinajstić information content (AvgIpc) is 2.93. The lowest BCUT2D eigenvalue weighted by atomic mass is 10.1. The highest BCUT2D eigenvalue weighted by atomic mass is 35.5. The van der Waals surface area contributed by atoms with Crippen molar-refractivity contribution in [2.45, 2.75) is 6.42 Å². The van der Waals surface area contributed by atoms with Crippen LogP contribution in [0.3, 0.4) is 0 Å². The molecule has 0 aliphatic carbocycles. The van der Waals surface area contributed by atoms with Crippen LogP contribution in [-0.2, 0) is 6.42 Å². The molecule has 1 aromatic carbocycles. The molecule has 0 radical (unpaired) electrons. The minimum Gasteiger partial charge on any atom is -1.00 e. The zero-order chi connectivity index (χ0) is 13.7. The molecule has 0 fully saturated rings. The smallest absolute Gasteiger partial charge is 0.286 e. The second kappa shape index (κ2) is 7.60. The van der Waals surface area contributed by atoms with Gasteiger partial charge in [0.15, 0.2) is 5.76 Å². The number of carbonyl (C=O) groups is 1. The molecular formula is C15H18ClN2O2-. The van der Waals surface area contributed by atoms with Crippen molar-refractivity contribution in [3.8, 4) is 0 Å². The van der Waals surface area contributed by atoms with E-state index < -0.39 is 0 Å². The van der Waals surface area contributed by atoms with Crippen LogP contribution in [-0.4, -0.2) is 26.5 Å². The Balaban J connectivity index is 0.00000200. The van der Waals surface area contributed by atoms with Crippen LogP contribution in [0.4, 0.5) is 5.69 Å². The lowest BCUT2D eigenvalue weighted by Crippen LogP contribution is -3.00. The van der Waals surface area contributed by atoms with Crippen LogP contribution in [0.15, 0.2) is 47.1 Å².